The van der Waals surface area contributed by atoms with Crippen molar-refractivity contribution in [1.29, 1.82) is 0 Å². The van der Waals surface area contributed by atoms with Crippen LogP contribution in [0.1, 0.15) is 113 Å². The first-order valence-corrected chi connectivity index (χ1v) is 21.3. The fraction of sp³-hybridized carbons (Fsp3) is 0.591. The quantitative estimate of drug-likeness (QED) is 0.159. The average Bonchev–Trinajstić information content (AvgIpc) is 4.07. The molecule has 2 unspecified atom stereocenters. The third kappa shape index (κ3) is 8.78. The number of rotatable bonds is 15. The van der Waals surface area contributed by atoms with Crippen LogP contribution in [0.25, 0.3) is 11.1 Å². The number of carbonyl (C=O) groups is 6. The van der Waals surface area contributed by atoms with E-state index in [4.69, 9.17) is 0 Å². The molecule has 2 aromatic rings. The van der Waals surface area contributed by atoms with Gasteiger partial charge < -0.3 is 41.7 Å². The van der Waals surface area contributed by atoms with Crippen LogP contribution < -0.4 is 31.9 Å². The second kappa shape index (κ2) is 18.8. The third-order valence-corrected chi connectivity index (χ3v) is 12.8. The van der Waals surface area contributed by atoms with E-state index in [0.717, 1.165) is 60.8 Å². The highest BCUT2D eigenvalue weighted by molar-refractivity contribution is 5.95. The molecule has 4 aliphatic rings. The largest absolute Gasteiger partial charge is 0.347 e. The Balaban J connectivity index is 1.13. The normalized spacial score (nSPS) is 23.0. The number of hydrogen-bond donors (Lipinski definition) is 6. The summed E-state index contributed by atoms with van der Waals surface area (Å²) < 4.78 is 0. The van der Waals surface area contributed by atoms with E-state index in [1.807, 2.05) is 26.0 Å². The molecule has 0 bridgehead atoms. The number of nitrogens with zero attached hydrogens (tertiary/aromatic N) is 2. The van der Waals surface area contributed by atoms with Crippen molar-refractivity contribution >= 4 is 35.4 Å². The van der Waals surface area contributed by atoms with Crippen LogP contribution in [0.4, 0.5) is 0 Å². The highest BCUT2D eigenvalue weighted by Gasteiger charge is 2.41. The summed E-state index contributed by atoms with van der Waals surface area (Å²) in [7, 11) is 3.39. The maximum atomic E-state index is 13.8. The van der Waals surface area contributed by atoms with Crippen molar-refractivity contribution in [1.82, 2.24) is 41.7 Å². The molecule has 6 rings (SSSR count). The summed E-state index contributed by atoms with van der Waals surface area (Å²) in [5.41, 5.74) is 6.80. The van der Waals surface area contributed by atoms with Crippen LogP contribution in [-0.2, 0) is 41.6 Å². The lowest BCUT2D eigenvalue weighted by atomic mass is 9.91. The van der Waals surface area contributed by atoms with Crippen molar-refractivity contribution in [3.8, 4) is 11.1 Å². The van der Waals surface area contributed by atoms with E-state index in [9.17, 15) is 28.8 Å². The minimum atomic E-state index is -0.694. The Morgan fingerprint density at radius 3 is 1.38 bits per heavy atom. The van der Waals surface area contributed by atoms with Crippen LogP contribution in [0.5, 0.6) is 0 Å². The molecule has 2 aromatic carbocycles. The first kappa shape index (κ1) is 42.8. The van der Waals surface area contributed by atoms with Crippen molar-refractivity contribution < 1.29 is 28.8 Å². The Kier molecular flexibility index (Phi) is 13.9. The molecule has 314 valence electrons. The lowest BCUT2D eigenvalue weighted by Gasteiger charge is -2.29. The SMILES string of the molecule is CC[C@H](NC(=O)[C@H](C)NC)C(=O)N1CCCC1C(=O)N[C@@H]1CCc2c(-c3cccc4c3CC[C@H]4NC(=O)C3CCCN3C(=O)[C@H](CC)NC(=O)[C@H](C)NC)cccc21. The first-order chi connectivity index (χ1) is 27.9. The Morgan fingerprint density at radius 2 is 1.02 bits per heavy atom. The summed E-state index contributed by atoms with van der Waals surface area (Å²) >= 11 is 0. The second-order valence-electron chi connectivity index (χ2n) is 16.3. The molecular weight excluding hydrogens is 737 g/mol. The highest BCUT2D eigenvalue weighted by atomic mass is 16.2. The number of hydrogen-bond acceptors (Lipinski definition) is 8. The molecule has 0 radical (unpaired) electrons. The van der Waals surface area contributed by atoms with Gasteiger partial charge in [0.1, 0.15) is 24.2 Å². The Labute approximate surface area is 342 Å². The van der Waals surface area contributed by atoms with Gasteiger partial charge in [0, 0.05) is 13.1 Å². The molecular formula is C44H62N8O6. The van der Waals surface area contributed by atoms with Gasteiger partial charge in [0.15, 0.2) is 0 Å². The van der Waals surface area contributed by atoms with E-state index in [1.54, 1.807) is 37.7 Å². The average molecular weight is 799 g/mol. The topological polar surface area (TPSA) is 181 Å². The molecule has 0 spiro atoms. The molecule has 14 heteroatoms. The summed E-state index contributed by atoms with van der Waals surface area (Å²) in [6.07, 6.45) is 6.53. The minimum Gasteiger partial charge on any atom is -0.347 e. The summed E-state index contributed by atoms with van der Waals surface area (Å²) in [4.78, 5) is 83.3. The van der Waals surface area contributed by atoms with Crippen LogP contribution >= 0.6 is 0 Å². The molecule has 2 aliphatic heterocycles. The van der Waals surface area contributed by atoms with Crippen LogP contribution in [0.2, 0.25) is 0 Å². The molecule has 6 amide bonds. The van der Waals surface area contributed by atoms with Crippen LogP contribution in [-0.4, -0.2) is 109 Å². The number of nitrogens with one attached hydrogen (secondary N) is 6. The lowest BCUT2D eigenvalue weighted by molar-refractivity contribution is -0.141. The number of amides is 6. The Bertz CT molecular complexity index is 1750. The Hall–Kier alpha value is -4.82. The van der Waals surface area contributed by atoms with Gasteiger partial charge in [0.25, 0.3) is 0 Å². The summed E-state index contributed by atoms with van der Waals surface area (Å²) in [6.45, 7) is 8.15. The van der Waals surface area contributed by atoms with E-state index in [-0.39, 0.29) is 47.5 Å². The van der Waals surface area contributed by atoms with Gasteiger partial charge >= 0.3 is 0 Å². The highest BCUT2D eigenvalue weighted by Crippen LogP contribution is 2.43. The second-order valence-corrected chi connectivity index (χ2v) is 16.3. The third-order valence-electron chi connectivity index (χ3n) is 12.8. The van der Waals surface area contributed by atoms with Gasteiger partial charge in [0.2, 0.25) is 35.4 Å². The summed E-state index contributed by atoms with van der Waals surface area (Å²) in [5, 5.41) is 18.1. The van der Waals surface area contributed by atoms with Crippen molar-refractivity contribution in [2.45, 2.75) is 140 Å². The van der Waals surface area contributed by atoms with Crippen LogP contribution in [0.15, 0.2) is 36.4 Å². The summed E-state index contributed by atoms with van der Waals surface area (Å²) in [5.74, 6) is -1.28. The zero-order chi connectivity index (χ0) is 41.7. The minimum absolute atomic E-state index is 0.168. The zero-order valence-electron chi connectivity index (χ0n) is 34.9. The smallest absolute Gasteiger partial charge is 0.245 e. The standard InChI is InChI=1S/C44H62N8O6/c1-7-33(47-39(53)25(3)45-5)43(57)51-23-11-17-37(51)41(55)49-35-21-19-29-27(13-9-15-31(29)35)28-14-10-16-32-30(28)20-22-36(32)50-42(56)38-18-12-24-52(38)44(58)34(8-2)48-40(54)26(4)46-6/h9-10,13-16,25-26,33-38,45-46H,7-8,11-12,17-24H2,1-6H3,(H,47,53)(H,48,54)(H,49,55)(H,50,56)/t25-,26-,33-,34-,35+,36+,37?,38?/m0/s1. The predicted molar refractivity (Wildman–Crippen MR) is 221 cm³/mol. The number of likely N-dealkylation sites (tertiary alicyclic amines) is 2. The van der Waals surface area contributed by atoms with E-state index < -0.39 is 36.3 Å². The lowest BCUT2D eigenvalue weighted by Crippen LogP contribution is -2.55. The molecule has 0 saturated carbocycles. The van der Waals surface area contributed by atoms with Crippen molar-refractivity contribution in [2.75, 3.05) is 27.2 Å². The molecule has 2 saturated heterocycles. The molecule has 8 atom stereocenters. The molecule has 0 aromatic heterocycles. The predicted octanol–water partition coefficient (Wildman–Crippen LogP) is 2.55. The van der Waals surface area contributed by atoms with Gasteiger partial charge in [-0.25, -0.2) is 0 Å². The molecule has 58 heavy (non-hydrogen) atoms. The van der Waals surface area contributed by atoms with Crippen molar-refractivity contribution in [3.63, 3.8) is 0 Å². The van der Waals surface area contributed by atoms with Gasteiger partial charge in [-0.3, -0.25) is 28.8 Å². The maximum absolute atomic E-state index is 13.8. The fourth-order valence-corrected chi connectivity index (χ4v) is 9.19. The summed E-state index contributed by atoms with van der Waals surface area (Å²) in [6, 6.07) is 8.69. The molecule has 14 nitrogen and oxygen atoms in total. The fourth-order valence-electron chi connectivity index (χ4n) is 9.19. The maximum Gasteiger partial charge on any atom is 0.245 e. The molecule has 6 N–H and O–H groups in total. The van der Waals surface area contributed by atoms with Crippen LogP contribution in [0, 0.1) is 0 Å². The van der Waals surface area contributed by atoms with Crippen molar-refractivity contribution in [2.24, 2.45) is 0 Å². The van der Waals surface area contributed by atoms with Gasteiger partial charge in [-0.1, -0.05) is 50.2 Å². The van der Waals surface area contributed by atoms with Gasteiger partial charge in [-0.15, -0.1) is 0 Å². The monoisotopic (exact) mass is 798 g/mol. The van der Waals surface area contributed by atoms with Crippen LogP contribution in [0.3, 0.4) is 0 Å². The number of carbonyl (C=O) groups excluding carboxylic acids is 6. The Morgan fingerprint density at radius 1 is 0.621 bits per heavy atom. The van der Waals surface area contributed by atoms with E-state index in [1.165, 1.54) is 11.1 Å². The molecule has 2 fully saturated rings. The number of likely N-dealkylation sites (N-methyl/N-ethyl adjacent to an activating group) is 2. The van der Waals surface area contributed by atoms with Gasteiger partial charge in [-0.2, -0.15) is 0 Å². The van der Waals surface area contributed by atoms with Gasteiger partial charge in [0.05, 0.1) is 24.2 Å². The number of fused-ring (bicyclic) bond motifs is 2. The molecule has 2 aliphatic carbocycles. The van der Waals surface area contributed by atoms with Gasteiger partial charge in [-0.05, 0) is 126 Å². The zero-order valence-corrected chi connectivity index (χ0v) is 34.9. The van der Waals surface area contributed by atoms with E-state index in [0.29, 0.717) is 38.8 Å². The first-order valence-electron chi connectivity index (χ1n) is 21.3. The number of benzene rings is 2. The van der Waals surface area contributed by atoms with E-state index in [2.05, 4.69) is 56.2 Å². The van der Waals surface area contributed by atoms with Crippen molar-refractivity contribution in [3.05, 3.63) is 58.7 Å². The molecule has 2 heterocycles. The van der Waals surface area contributed by atoms with E-state index >= 15 is 0 Å².